The third-order valence-electron chi connectivity index (χ3n) is 3.49. The van der Waals surface area contributed by atoms with Gasteiger partial charge in [0.2, 0.25) is 0 Å². The summed E-state index contributed by atoms with van der Waals surface area (Å²) in [6.45, 7) is 2.67. The van der Waals surface area contributed by atoms with Gasteiger partial charge in [0.05, 0.1) is 6.10 Å². The molecule has 0 unspecified atom stereocenters. The average molecular weight is 255 g/mol. The van der Waals surface area contributed by atoms with E-state index < -0.39 is 0 Å². The molecule has 0 radical (unpaired) electrons. The number of aliphatic hydroxyl groups excluding tert-OH is 1. The number of halogens is 2. The van der Waals surface area contributed by atoms with Gasteiger partial charge in [-0.3, -0.25) is 0 Å². The Morgan fingerprint density at radius 2 is 1.94 bits per heavy atom. The lowest BCUT2D eigenvalue weighted by atomic mass is 10.1. The van der Waals surface area contributed by atoms with E-state index in [0.29, 0.717) is 12.0 Å². The number of aryl methyl sites for hydroxylation is 1. The molecule has 0 atom stereocenters. The first-order valence-corrected chi connectivity index (χ1v) is 6.49. The molecule has 0 amide bonds. The van der Waals surface area contributed by atoms with Crippen molar-refractivity contribution in [3.8, 4) is 0 Å². The van der Waals surface area contributed by atoms with E-state index in [-0.39, 0.29) is 17.7 Å². The molecule has 4 heteroatoms. The summed E-state index contributed by atoms with van der Waals surface area (Å²) < 4.78 is 26.3. The van der Waals surface area contributed by atoms with Crippen LogP contribution in [0.4, 0.5) is 8.78 Å². The number of nitrogens with zero attached hydrogens (tertiary/aromatic N) is 1. The van der Waals surface area contributed by atoms with Crippen molar-refractivity contribution in [2.75, 3.05) is 19.6 Å². The van der Waals surface area contributed by atoms with Gasteiger partial charge in [0, 0.05) is 13.1 Å². The first kappa shape index (κ1) is 13.4. The molecule has 1 aromatic carbocycles. The lowest BCUT2D eigenvalue weighted by molar-refractivity contribution is 0.0821. The first-order chi connectivity index (χ1) is 8.65. The van der Waals surface area contributed by atoms with Crippen LogP contribution in [0.2, 0.25) is 0 Å². The second-order valence-electron chi connectivity index (χ2n) is 4.91. The van der Waals surface area contributed by atoms with Gasteiger partial charge >= 0.3 is 0 Å². The van der Waals surface area contributed by atoms with Crippen molar-refractivity contribution in [2.24, 2.45) is 0 Å². The van der Waals surface area contributed by atoms with Gasteiger partial charge in [-0.15, -0.1) is 0 Å². The Kier molecular flexibility index (Phi) is 4.66. The van der Waals surface area contributed by atoms with Crippen molar-refractivity contribution in [1.29, 1.82) is 0 Å². The number of likely N-dealkylation sites (tertiary alicyclic amines) is 1. The van der Waals surface area contributed by atoms with Crippen molar-refractivity contribution < 1.29 is 13.9 Å². The van der Waals surface area contributed by atoms with Crippen molar-refractivity contribution in [3.05, 3.63) is 35.4 Å². The molecule has 1 aromatic rings. The second-order valence-corrected chi connectivity index (χ2v) is 4.91. The highest BCUT2D eigenvalue weighted by Gasteiger charge is 2.16. The summed E-state index contributed by atoms with van der Waals surface area (Å²) in [4.78, 5) is 2.27. The summed E-state index contributed by atoms with van der Waals surface area (Å²) in [6.07, 6.45) is 2.84. The second kappa shape index (κ2) is 6.25. The van der Waals surface area contributed by atoms with E-state index in [1.54, 1.807) is 0 Å². The van der Waals surface area contributed by atoms with Crippen LogP contribution in [0.1, 0.15) is 24.8 Å². The Hall–Kier alpha value is -1.00. The molecule has 0 aliphatic carbocycles. The van der Waals surface area contributed by atoms with Crippen LogP contribution in [-0.2, 0) is 6.42 Å². The summed E-state index contributed by atoms with van der Waals surface area (Å²) >= 11 is 0. The maximum absolute atomic E-state index is 13.4. The standard InChI is InChI=1S/C14H19F2NO/c15-12-3-4-14(16)11(10-12)2-1-7-17-8-5-13(18)6-9-17/h3-4,10,13,18H,1-2,5-9H2. The average Bonchev–Trinajstić information content (AvgIpc) is 2.36. The number of hydrogen-bond donors (Lipinski definition) is 1. The topological polar surface area (TPSA) is 23.5 Å². The molecule has 2 nitrogen and oxygen atoms in total. The summed E-state index contributed by atoms with van der Waals surface area (Å²) in [6, 6.07) is 3.60. The highest BCUT2D eigenvalue weighted by Crippen LogP contribution is 2.14. The number of hydrogen-bond acceptors (Lipinski definition) is 2. The minimum absolute atomic E-state index is 0.165. The van der Waals surface area contributed by atoms with Crippen LogP contribution < -0.4 is 0 Å². The first-order valence-electron chi connectivity index (χ1n) is 6.49. The van der Waals surface area contributed by atoms with E-state index in [4.69, 9.17) is 0 Å². The van der Waals surface area contributed by atoms with Gasteiger partial charge in [0.1, 0.15) is 11.6 Å². The molecule has 1 aliphatic heterocycles. The van der Waals surface area contributed by atoms with E-state index in [1.165, 1.54) is 12.1 Å². The number of rotatable bonds is 4. The van der Waals surface area contributed by atoms with E-state index >= 15 is 0 Å². The van der Waals surface area contributed by atoms with Crippen LogP contribution in [0.15, 0.2) is 18.2 Å². The van der Waals surface area contributed by atoms with E-state index in [9.17, 15) is 13.9 Å². The molecular formula is C14H19F2NO. The zero-order chi connectivity index (χ0) is 13.0. The van der Waals surface area contributed by atoms with Gasteiger partial charge in [-0.2, -0.15) is 0 Å². The smallest absolute Gasteiger partial charge is 0.126 e. The largest absolute Gasteiger partial charge is 0.393 e. The van der Waals surface area contributed by atoms with Crippen molar-refractivity contribution in [1.82, 2.24) is 4.90 Å². The fraction of sp³-hybridized carbons (Fsp3) is 0.571. The molecule has 0 saturated carbocycles. The van der Waals surface area contributed by atoms with Crippen LogP contribution >= 0.6 is 0 Å². The quantitative estimate of drug-likeness (QED) is 0.892. The minimum Gasteiger partial charge on any atom is -0.393 e. The van der Waals surface area contributed by atoms with Crippen molar-refractivity contribution in [3.63, 3.8) is 0 Å². The number of benzene rings is 1. The van der Waals surface area contributed by atoms with Gasteiger partial charge in [-0.1, -0.05) is 0 Å². The summed E-state index contributed by atoms with van der Waals surface area (Å²) in [5, 5.41) is 9.38. The summed E-state index contributed by atoms with van der Waals surface area (Å²) in [7, 11) is 0. The van der Waals surface area contributed by atoms with Gasteiger partial charge in [-0.25, -0.2) is 8.78 Å². The molecule has 100 valence electrons. The third-order valence-corrected chi connectivity index (χ3v) is 3.49. The molecule has 1 N–H and O–H groups in total. The van der Waals surface area contributed by atoms with Crippen LogP contribution in [0.25, 0.3) is 0 Å². The molecule has 1 aliphatic rings. The number of piperidine rings is 1. The van der Waals surface area contributed by atoms with Crippen LogP contribution in [0.5, 0.6) is 0 Å². The maximum atomic E-state index is 13.4. The Morgan fingerprint density at radius 1 is 1.22 bits per heavy atom. The Balaban J connectivity index is 1.76. The fourth-order valence-corrected chi connectivity index (χ4v) is 2.37. The minimum atomic E-state index is -0.382. The fourth-order valence-electron chi connectivity index (χ4n) is 2.37. The molecule has 0 bridgehead atoms. The maximum Gasteiger partial charge on any atom is 0.126 e. The van der Waals surface area contributed by atoms with Crippen LogP contribution in [-0.4, -0.2) is 35.7 Å². The van der Waals surface area contributed by atoms with Gasteiger partial charge < -0.3 is 10.0 Å². The zero-order valence-corrected chi connectivity index (χ0v) is 10.4. The normalized spacial score (nSPS) is 18.2. The molecule has 18 heavy (non-hydrogen) atoms. The molecule has 1 fully saturated rings. The SMILES string of the molecule is OC1CCN(CCCc2cc(F)ccc2F)CC1. The summed E-state index contributed by atoms with van der Waals surface area (Å²) in [5.41, 5.74) is 0.451. The monoisotopic (exact) mass is 255 g/mol. The third kappa shape index (κ3) is 3.75. The van der Waals surface area contributed by atoms with Crippen molar-refractivity contribution in [2.45, 2.75) is 31.8 Å². The predicted octanol–water partition coefficient (Wildman–Crippen LogP) is 2.35. The van der Waals surface area contributed by atoms with Crippen LogP contribution in [0, 0.1) is 11.6 Å². The van der Waals surface area contributed by atoms with Gasteiger partial charge in [0.25, 0.3) is 0 Å². The van der Waals surface area contributed by atoms with E-state index in [2.05, 4.69) is 4.90 Å². The predicted molar refractivity (Wildman–Crippen MR) is 66.4 cm³/mol. The lowest BCUT2D eigenvalue weighted by Gasteiger charge is -2.29. The Labute approximate surface area is 106 Å². The molecule has 0 spiro atoms. The highest BCUT2D eigenvalue weighted by molar-refractivity contribution is 5.18. The molecule has 2 rings (SSSR count). The molecule has 0 aromatic heterocycles. The Bertz CT molecular complexity index is 389. The molecule has 1 saturated heterocycles. The lowest BCUT2D eigenvalue weighted by Crippen LogP contribution is -2.36. The number of aliphatic hydroxyl groups is 1. The molecular weight excluding hydrogens is 236 g/mol. The highest BCUT2D eigenvalue weighted by atomic mass is 19.1. The summed E-state index contributed by atoms with van der Waals surface area (Å²) in [5.74, 6) is -0.710. The van der Waals surface area contributed by atoms with Gasteiger partial charge in [0.15, 0.2) is 0 Å². The van der Waals surface area contributed by atoms with Crippen molar-refractivity contribution >= 4 is 0 Å². The Morgan fingerprint density at radius 3 is 2.67 bits per heavy atom. The zero-order valence-electron chi connectivity index (χ0n) is 10.4. The van der Waals surface area contributed by atoms with E-state index in [1.807, 2.05) is 0 Å². The van der Waals surface area contributed by atoms with E-state index in [0.717, 1.165) is 45.0 Å². The van der Waals surface area contributed by atoms with Gasteiger partial charge in [-0.05, 0) is 56.0 Å². The van der Waals surface area contributed by atoms with Crippen LogP contribution in [0.3, 0.4) is 0 Å². The molecule has 1 heterocycles.